The average molecular weight is 438 g/mol. The molecular weight excluding hydrogens is 402 g/mol. The lowest BCUT2D eigenvalue weighted by atomic mass is 9.87. The van der Waals surface area contributed by atoms with Crippen LogP contribution in [0.2, 0.25) is 0 Å². The number of carbonyl (C=O) groups excluding carboxylic acids is 1. The van der Waals surface area contributed by atoms with E-state index in [1.165, 1.54) is 0 Å². The summed E-state index contributed by atoms with van der Waals surface area (Å²) in [5.74, 6) is 2.39. The van der Waals surface area contributed by atoms with Gasteiger partial charge in [-0.3, -0.25) is 14.7 Å². The third-order valence-electron chi connectivity index (χ3n) is 6.93. The highest BCUT2D eigenvalue weighted by Crippen LogP contribution is 2.33. The summed E-state index contributed by atoms with van der Waals surface area (Å²) in [6, 6.07) is 11.9. The van der Waals surface area contributed by atoms with E-state index < -0.39 is 0 Å². The molecule has 0 bridgehead atoms. The second-order valence-corrected chi connectivity index (χ2v) is 9.04. The van der Waals surface area contributed by atoms with Gasteiger partial charge in [0, 0.05) is 30.8 Å². The molecule has 4 rings (SSSR count). The molecule has 1 aliphatic carbocycles. The number of hydrogen-bond donors (Lipinski definition) is 1. The Hall–Kier alpha value is -2.60. The lowest BCUT2D eigenvalue weighted by Gasteiger charge is -2.37. The molecule has 1 saturated carbocycles. The van der Waals surface area contributed by atoms with Crippen LogP contribution in [0.1, 0.15) is 55.8 Å². The SMILES string of the molecule is COc1ccc(OC)c(CN2CCCC(C(NC(=O)C3CCCC3)c3ccccn3)C2)c1. The monoisotopic (exact) mass is 437 g/mol. The van der Waals surface area contributed by atoms with E-state index in [0.29, 0.717) is 5.92 Å². The van der Waals surface area contributed by atoms with Crippen LogP contribution in [0.15, 0.2) is 42.6 Å². The second-order valence-electron chi connectivity index (χ2n) is 9.04. The molecule has 1 aromatic carbocycles. The fourth-order valence-electron chi connectivity index (χ4n) is 5.21. The Morgan fingerprint density at radius 2 is 1.97 bits per heavy atom. The van der Waals surface area contributed by atoms with Gasteiger partial charge >= 0.3 is 0 Å². The summed E-state index contributed by atoms with van der Waals surface area (Å²) in [5.41, 5.74) is 2.08. The lowest BCUT2D eigenvalue weighted by molar-refractivity contribution is -0.126. The van der Waals surface area contributed by atoms with Crippen LogP contribution in [-0.4, -0.2) is 43.1 Å². The highest BCUT2D eigenvalue weighted by molar-refractivity contribution is 5.79. The predicted octanol–water partition coefficient (Wildman–Crippen LogP) is 4.36. The number of ether oxygens (including phenoxy) is 2. The first-order chi connectivity index (χ1) is 15.7. The standard InChI is InChI=1S/C26H35N3O3/c1-31-22-12-13-24(32-2)21(16-22)18-29-15-7-10-20(17-29)25(23-11-5-6-14-27-23)28-26(30)19-8-3-4-9-19/h5-6,11-14,16,19-20,25H,3-4,7-10,15,17-18H2,1-2H3,(H,28,30). The van der Waals surface area contributed by atoms with E-state index in [1.807, 2.05) is 36.5 Å². The number of hydrogen-bond acceptors (Lipinski definition) is 5. The number of piperidine rings is 1. The quantitative estimate of drug-likeness (QED) is 0.665. The summed E-state index contributed by atoms with van der Waals surface area (Å²) >= 11 is 0. The molecular formula is C26H35N3O3. The highest BCUT2D eigenvalue weighted by atomic mass is 16.5. The van der Waals surface area contributed by atoms with Crippen molar-refractivity contribution in [2.75, 3.05) is 27.3 Å². The zero-order valence-corrected chi connectivity index (χ0v) is 19.3. The Bertz CT molecular complexity index is 883. The van der Waals surface area contributed by atoms with Crippen LogP contribution in [0.5, 0.6) is 11.5 Å². The fraction of sp³-hybridized carbons (Fsp3) is 0.538. The number of likely N-dealkylation sites (tertiary alicyclic amines) is 1. The summed E-state index contributed by atoms with van der Waals surface area (Å²) in [6.07, 6.45) is 8.33. The maximum Gasteiger partial charge on any atom is 0.223 e. The molecule has 1 aliphatic heterocycles. The molecule has 1 saturated heterocycles. The van der Waals surface area contributed by atoms with Gasteiger partial charge in [-0.05, 0) is 68.5 Å². The number of amides is 1. The van der Waals surface area contributed by atoms with Crippen LogP contribution in [0.25, 0.3) is 0 Å². The molecule has 172 valence electrons. The van der Waals surface area contributed by atoms with Crippen LogP contribution in [0.3, 0.4) is 0 Å². The Morgan fingerprint density at radius 1 is 1.12 bits per heavy atom. The van der Waals surface area contributed by atoms with Crippen molar-refractivity contribution in [3.63, 3.8) is 0 Å². The number of pyridine rings is 1. The number of aromatic nitrogens is 1. The molecule has 32 heavy (non-hydrogen) atoms. The minimum Gasteiger partial charge on any atom is -0.497 e. The van der Waals surface area contributed by atoms with E-state index in [0.717, 1.165) is 80.9 Å². The summed E-state index contributed by atoms with van der Waals surface area (Å²) in [7, 11) is 3.40. The van der Waals surface area contributed by atoms with Crippen molar-refractivity contribution in [2.24, 2.45) is 11.8 Å². The molecule has 2 fully saturated rings. The molecule has 2 heterocycles. The number of benzene rings is 1. The smallest absolute Gasteiger partial charge is 0.223 e. The van der Waals surface area contributed by atoms with Gasteiger partial charge < -0.3 is 14.8 Å². The Labute approximate surface area is 191 Å². The van der Waals surface area contributed by atoms with E-state index in [4.69, 9.17) is 9.47 Å². The third kappa shape index (κ3) is 5.41. The summed E-state index contributed by atoms with van der Waals surface area (Å²) in [5, 5.41) is 3.40. The van der Waals surface area contributed by atoms with Crippen LogP contribution in [0.4, 0.5) is 0 Å². The first-order valence-corrected chi connectivity index (χ1v) is 11.8. The van der Waals surface area contributed by atoms with Gasteiger partial charge in [0.1, 0.15) is 11.5 Å². The molecule has 1 aromatic heterocycles. The lowest BCUT2D eigenvalue weighted by Crippen LogP contribution is -2.44. The van der Waals surface area contributed by atoms with Gasteiger partial charge in [0.15, 0.2) is 0 Å². The molecule has 0 spiro atoms. The van der Waals surface area contributed by atoms with Gasteiger partial charge in [0.05, 0.1) is 26.0 Å². The van der Waals surface area contributed by atoms with E-state index in [-0.39, 0.29) is 17.9 Å². The van der Waals surface area contributed by atoms with Gasteiger partial charge in [-0.2, -0.15) is 0 Å². The average Bonchev–Trinajstić information content (AvgIpc) is 3.38. The minimum absolute atomic E-state index is 0.0562. The van der Waals surface area contributed by atoms with Gasteiger partial charge in [-0.1, -0.05) is 18.9 Å². The molecule has 2 aliphatic rings. The number of nitrogens with zero attached hydrogens (tertiary/aromatic N) is 2. The first-order valence-electron chi connectivity index (χ1n) is 11.8. The van der Waals surface area contributed by atoms with Crippen LogP contribution in [0, 0.1) is 11.8 Å². The van der Waals surface area contributed by atoms with Crippen molar-refractivity contribution < 1.29 is 14.3 Å². The normalized spacial score (nSPS) is 20.6. The molecule has 6 nitrogen and oxygen atoms in total. The van der Waals surface area contributed by atoms with Crippen LogP contribution in [-0.2, 0) is 11.3 Å². The van der Waals surface area contributed by atoms with Gasteiger partial charge in [-0.25, -0.2) is 0 Å². The molecule has 2 aromatic rings. The molecule has 2 unspecified atom stereocenters. The third-order valence-corrected chi connectivity index (χ3v) is 6.93. The van der Waals surface area contributed by atoms with Crippen molar-refractivity contribution in [3.05, 3.63) is 53.9 Å². The zero-order chi connectivity index (χ0) is 22.3. The largest absolute Gasteiger partial charge is 0.497 e. The minimum atomic E-state index is -0.0562. The number of nitrogens with one attached hydrogen (secondary N) is 1. The van der Waals surface area contributed by atoms with Crippen molar-refractivity contribution in [2.45, 2.75) is 51.1 Å². The predicted molar refractivity (Wildman–Crippen MR) is 125 cm³/mol. The van der Waals surface area contributed by atoms with E-state index >= 15 is 0 Å². The summed E-state index contributed by atoms with van der Waals surface area (Å²) < 4.78 is 11.0. The molecule has 1 N–H and O–H groups in total. The number of carbonyl (C=O) groups is 1. The van der Waals surface area contributed by atoms with E-state index in [1.54, 1.807) is 14.2 Å². The van der Waals surface area contributed by atoms with E-state index in [2.05, 4.69) is 21.3 Å². The number of methoxy groups -OCH3 is 2. The van der Waals surface area contributed by atoms with Crippen molar-refractivity contribution >= 4 is 5.91 Å². The second kappa shape index (κ2) is 10.8. The van der Waals surface area contributed by atoms with Gasteiger partial charge in [0.2, 0.25) is 5.91 Å². The molecule has 1 amide bonds. The summed E-state index contributed by atoms with van der Waals surface area (Å²) in [6.45, 7) is 2.73. The van der Waals surface area contributed by atoms with Crippen LogP contribution >= 0.6 is 0 Å². The van der Waals surface area contributed by atoms with Crippen molar-refractivity contribution in [1.29, 1.82) is 0 Å². The molecule has 0 radical (unpaired) electrons. The van der Waals surface area contributed by atoms with Crippen LogP contribution < -0.4 is 14.8 Å². The summed E-state index contributed by atoms with van der Waals surface area (Å²) in [4.78, 5) is 20.1. The Morgan fingerprint density at radius 3 is 2.69 bits per heavy atom. The molecule has 6 heteroatoms. The first kappa shape index (κ1) is 22.6. The zero-order valence-electron chi connectivity index (χ0n) is 19.3. The maximum atomic E-state index is 13.0. The fourth-order valence-corrected chi connectivity index (χ4v) is 5.21. The Balaban J connectivity index is 1.50. The number of rotatable bonds is 8. The van der Waals surface area contributed by atoms with Crippen molar-refractivity contribution in [1.82, 2.24) is 15.2 Å². The topological polar surface area (TPSA) is 63.7 Å². The maximum absolute atomic E-state index is 13.0. The van der Waals surface area contributed by atoms with Gasteiger partial charge in [-0.15, -0.1) is 0 Å². The van der Waals surface area contributed by atoms with Gasteiger partial charge in [0.25, 0.3) is 0 Å². The Kier molecular flexibility index (Phi) is 7.63. The molecule has 2 atom stereocenters. The highest BCUT2D eigenvalue weighted by Gasteiger charge is 2.33. The van der Waals surface area contributed by atoms with Crippen molar-refractivity contribution in [3.8, 4) is 11.5 Å². The van der Waals surface area contributed by atoms with E-state index in [9.17, 15) is 4.79 Å².